The van der Waals surface area contributed by atoms with Crippen molar-refractivity contribution >= 4 is 0 Å². The van der Waals surface area contributed by atoms with E-state index in [1.165, 1.54) is 31.2 Å². The molecule has 0 aliphatic heterocycles. The highest BCUT2D eigenvalue weighted by Crippen LogP contribution is 2.31. The lowest BCUT2D eigenvalue weighted by molar-refractivity contribution is 0.102. The van der Waals surface area contributed by atoms with Gasteiger partial charge < -0.3 is 10.4 Å². The molecular weight excluding hydrogens is 260 g/mol. The van der Waals surface area contributed by atoms with Crippen LogP contribution in [0.2, 0.25) is 0 Å². The van der Waals surface area contributed by atoms with Crippen LogP contribution in [-0.4, -0.2) is 42.3 Å². The zero-order chi connectivity index (χ0) is 15.1. The molecule has 1 aromatic rings. The molecule has 1 atom stereocenters. The summed E-state index contributed by atoms with van der Waals surface area (Å²) >= 11 is 0. The van der Waals surface area contributed by atoms with Crippen molar-refractivity contribution in [2.24, 2.45) is 0 Å². The molecule has 1 fully saturated rings. The zero-order valence-corrected chi connectivity index (χ0v) is 13.5. The molecule has 2 N–H and O–H groups in total. The Kier molecular flexibility index (Phi) is 6.22. The molecule has 0 aromatic heterocycles. The third-order valence-electron chi connectivity index (χ3n) is 4.45. The molecule has 0 radical (unpaired) electrons. The number of hydrogen-bond acceptors (Lipinski definition) is 3. The average molecular weight is 290 g/mol. The van der Waals surface area contributed by atoms with E-state index in [2.05, 4.69) is 48.3 Å². The highest BCUT2D eigenvalue weighted by Gasteiger charge is 2.37. The van der Waals surface area contributed by atoms with Crippen molar-refractivity contribution in [2.45, 2.75) is 51.1 Å². The topological polar surface area (TPSA) is 35.5 Å². The van der Waals surface area contributed by atoms with Crippen LogP contribution in [0.4, 0.5) is 0 Å². The van der Waals surface area contributed by atoms with Gasteiger partial charge in [0.2, 0.25) is 0 Å². The number of rotatable bonds is 10. The molecule has 1 aliphatic rings. The van der Waals surface area contributed by atoms with Gasteiger partial charge in [-0.2, -0.15) is 0 Å². The Hall–Kier alpha value is -0.900. The van der Waals surface area contributed by atoms with Gasteiger partial charge >= 0.3 is 0 Å². The summed E-state index contributed by atoms with van der Waals surface area (Å²) in [6.07, 6.45) is 5.08. The number of aliphatic hydroxyl groups is 1. The number of aliphatic hydroxyl groups excluding tert-OH is 1. The lowest BCUT2D eigenvalue weighted by Gasteiger charge is -2.38. The van der Waals surface area contributed by atoms with Gasteiger partial charge in [0.15, 0.2) is 0 Å². The molecule has 1 unspecified atom stereocenters. The van der Waals surface area contributed by atoms with E-state index in [9.17, 15) is 5.11 Å². The normalized spacial score (nSPS) is 17.9. The van der Waals surface area contributed by atoms with Gasteiger partial charge in [-0.15, -0.1) is 0 Å². The van der Waals surface area contributed by atoms with Crippen molar-refractivity contribution in [3.05, 3.63) is 35.9 Å². The minimum atomic E-state index is -0.341. The average Bonchev–Trinajstić information content (AvgIpc) is 3.36. The summed E-state index contributed by atoms with van der Waals surface area (Å²) in [5, 5.41) is 13.7. The van der Waals surface area contributed by atoms with E-state index >= 15 is 0 Å². The highest BCUT2D eigenvalue weighted by atomic mass is 16.3. The van der Waals surface area contributed by atoms with Gasteiger partial charge in [-0.1, -0.05) is 50.6 Å². The first-order valence-corrected chi connectivity index (χ1v) is 8.41. The summed E-state index contributed by atoms with van der Waals surface area (Å²) in [5.41, 5.74) is 0.850. The number of likely N-dealkylation sites (N-methyl/N-ethyl adjacent to an activating group) is 1. The lowest BCUT2D eigenvalue weighted by atomic mass is 9.89. The Morgan fingerprint density at radius 3 is 2.48 bits per heavy atom. The fourth-order valence-electron chi connectivity index (χ4n) is 3.08. The number of unbranched alkanes of at least 4 members (excludes halogenated alkanes) is 1. The quantitative estimate of drug-likeness (QED) is 0.695. The Labute approximate surface area is 129 Å². The van der Waals surface area contributed by atoms with E-state index in [1.54, 1.807) is 0 Å². The summed E-state index contributed by atoms with van der Waals surface area (Å²) in [7, 11) is 0. The second-order valence-electron chi connectivity index (χ2n) is 6.19. The molecule has 2 rings (SSSR count). The summed E-state index contributed by atoms with van der Waals surface area (Å²) in [5.74, 6) is 0. The second-order valence-corrected chi connectivity index (χ2v) is 6.19. The zero-order valence-electron chi connectivity index (χ0n) is 13.5. The maximum Gasteiger partial charge on any atom is 0.0797 e. The Balaban J connectivity index is 2.18. The van der Waals surface area contributed by atoms with E-state index in [1.807, 2.05) is 6.07 Å². The third kappa shape index (κ3) is 4.29. The molecule has 1 aromatic carbocycles. The summed E-state index contributed by atoms with van der Waals surface area (Å²) < 4.78 is 0. The predicted molar refractivity (Wildman–Crippen MR) is 88.4 cm³/mol. The maximum absolute atomic E-state index is 10.1. The fourth-order valence-corrected chi connectivity index (χ4v) is 3.08. The predicted octanol–water partition coefficient (Wildman–Crippen LogP) is 2.75. The molecule has 0 amide bonds. The first kappa shape index (κ1) is 16.5. The molecule has 21 heavy (non-hydrogen) atoms. The van der Waals surface area contributed by atoms with Gasteiger partial charge in [-0.3, -0.25) is 4.90 Å². The molecule has 0 bridgehead atoms. The van der Waals surface area contributed by atoms with Crippen LogP contribution in [0.25, 0.3) is 0 Å². The standard InChI is InChI=1S/C18H30N2O/c1-3-5-13-20(17-11-12-17)14-18(15-21,19-4-2)16-9-7-6-8-10-16/h6-10,17,19,21H,3-5,11-15H2,1-2H3. The van der Waals surface area contributed by atoms with Crippen molar-refractivity contribution in [3.8, 4) is 0 Å². The summed E-state index contributed by atoms with van der Waals surface area (Å²) in [4.78, 5) is 2.58. The van der Waals surface area contributed by atoms with Gasteiger partial charge in [0.1, 0.15) is 0 Å². The van der Waals surface area contributed by atoms with E-state index in [0.29, 0.717) is 0 Å². The maximum atomic E-state index is 10.1. The highest BCUT2D eigenvalue weighted by molar-refractivity contribution is 5.25. The van der Waals surface area contributed by atoms with Crippen LogP contribution in [0.15, 0.2) is 30.3 Å². The largest absolute Gasteiger partial charge is 0.394 e. The van der Waals surface area contributed by atoms with Gasteiger partial charge in [-0.05, 0) is 37.9 Å². The second kappa shape index (κ2) is 7.92. The van der Waals surface area contributed by atoms with Crippen molar-refractivity contribution in [3.63, 3.8) is 0 Å². The van der Waals surface area contributed by atoms with Crippen LogP contribution in [-0.2, 0) is 5.54 Å². The van der Waals surface area contributed by atoms with E-state index in [0.717, 1.165) is 25.7 Å². The Bertz CT molecular complexity index is 405. The molecular formula is C18H30N2O. The van der Waals surface area contributed by atoms with Gasteiger partial charge in [0, 0.05) is 12.6 Å². The van der Waals surface area contributed by atoms with Gasteiger partial charge in [0.05, 0.1) is 12.1 Å². The SMILES string of the molecule is CCCCN(CC(CO)(NCC)c1ccccc1)C1CC1. The molecule has 118 valence electrons. The molecule has 1 saturated carbocycles. The van der Waals surface area contributed by atoms with E-state index in [4.69, 9.17) is 0 Å². The smallest absolute Gasteiger partial charge is 0.0797 e. The van der Waals surface area contributed by atoms with Crippen LogP contribution < -0.4 is 5.32 Å². The minimum absolute atomic E-state index is 0.139. The molecule has 3 heteroatoms. The van der Waals surface area contributed by atoms with Crippen LogP contribution in [0, 0.1) is 0 Å². The number of nitrogens with one attached hydrogen (secondary N) is 1. The molecule has 0 spiro atoms. The van der Waals surface area contributed by atoms with Crippen molar-refractivity contribution in [1.82, 2.24) is 10.2 Å². The van der Waals surface area contributed by atoms with Crippen molar-refractivity contribution in [1.29, 1.82) is 0 Å². The molecule has 0 saturated heterocycles. The third-order valence-corrected chi connectivity index (χ3v) is 4.45. The Morgan fingerprint density at radius 1 is 1.24 bits per heavy atom. The monoisotopic (exact) mass is 290 g/mol. The molecule has 1 aliphatic carbocycles. The lowest BCUT2D eigenvalue weighted by Crippen LogP contribution is -2.54. The molecule has 3 nitrogen and oxygen atoms in total. The van der Waals surface area contributed by atoms with Crippen LogP contribution in [0.1, 0.15) is 45.1 Å². The number of nitrogens with zero attached hydrogens (tertiary/aromatic N) is 1. The number of benzene rings is 1. The first-order chi connectivity index (χ1) is 10.3. The summed E-state index contributed by atoms with van der Waals surface area (Å²) in [6.45, 7) is 7.39. The van der Waals surface area contributed by atoms with E-state index < -0.39 is 0 Å². The Morgan fingerprint density at radius 2 is 1.95 bits per heavy atom. The number of hydrogen-bond donors (Lipinski definition) is 2. The van der Waals surface area contributed by atoms with Crippen molar-refractivity contribution in [2.75, 3.05) is 26.2 Å². The fraction of sp³-hybridized carbons (Fsp3) is 0.667. The van der Waals surface area contributed by atoms with Crippen LogP contribution in [0.5, 0.6) is 0 Å². The van der Waals surface area contributed by atoms with Gasteiger partial charge in [0.25, 0.3) is 0 Å². The van der Waals surface area contributed by atoms with Crippen LogP contribution >= 0.6 is 0 Å². The van der Waals surface area contributed by atoms with Crippen LogP contribution in [0.3, 0.4) is 0 Å². The van der Waals surface area contributed by atoms with Crippen molar-refractivity contribution < 1.29 is 5.11 Å². The van der Waals surface area contributed by atoms with Gasteiger partial charge in [-0.25, -0.2) is 0 Å². The molecule has 0 heterocycles. The first-order valence-electron chi connectivity index (χ1n) is 8.41. The summed E-state index contributed by atoms with van der Waals surface area (Å²) in [6, 6.07) is 11.1. The van der Waals surface area contributed by atoms with E-state index in [-0.39, 0.29) is 12.1 Å². The minimum Gasteiger partial charge on any atom is -0.394 e.